The molecule has 1 aromatic carbocycles. The van der Waals surface area contributed by atoms with Crippen LogP contribution in [0.4, 0.5) is 0 Å². The Balaban J connectivity index is 0.00000128. The molecule has 0 aliphatic heterocycles. The number of allylic oxidation sites excluding steroid dienone is 1. The van der Waals surface area contributed by atoms with Gasteiger partial charge in [-0.1, -0.05) is 18.2 Å². The monoisotopic (exact) mass is 236 g/mol. The number of benzene rings is 1. The van der Waals surface area contributed by atoms with Crippen molar-refractivity contribution >= 4 is 23.3 Å². The van der Waals surface area contributed by atoms with Crippen molar-refractivity contribution < 1.29 is 0 Å². The van der Waals surface area contributed by atoms with Crippen LogP contribution in [0, 0.1) is 0 Å². The Bertz CT molecular complexity index is 462. The number of fused-ring (bicyclic) bond motifs is 1. The van der Waals surface area contributed by atoms with E-state index in [9.17, 15) is 0 Å². The quantitative estimate of drug-likeness (QED) is 0.784. The zero-order valence-electron chi connectivity index (χ0n) is 9.15. The number of aromatic nitrogens is 1. The molecule has 0 amide bonds. The Hall–Kier alpha value is -1.25. The van der Waals surface area contributed by atoms with Gasteiger partial charge in [0.2, 0.25) is 0 Å². The average molecular weight is 237 g/mol. The maximum atomic E-state index is 6.14. The fourth-order valence-electron chi connectivity index (χ4n) is 1.89. The van der Waals surface area contributed by atoms with Crippen molar-refractivity contribution in [2.24, 2.45) is 5.73 Å². The summed E-state index contributed by atoms with van der Waals surface area (Å²) in [5.74, 6) is 0. The molecule has 16 heavy (non-hydrogen) atoms. The van der Waals surface area contributed by atoms with E-state index in [0.29, 0.717) is 0 Å². The molecule has 1 heterocycles. The van der Waals surface area contributed by atoms with Gasteiger partial charge in [0.1, 0.15) is 0 Å². The van der Waals surface area contributed by atoms with Crippen LogP contribution in [-0.2, 0) is 0 Å². The smallest absolute Gasteiger partial charge is 0.0457 e. The van der Waals surface area contributed by atoms with Crippen molar-refractivity contribution in [1.29, 1.82) is 0 Å². The highest BCUT2D eigenvalue weighted by Gasteiger charge is 2.08. The Labute approximate surface area is 102 Å². The van der Waals surface area contributed by atoms with Crippen LogP contribution in [0.15, 0.2) is 43.1 Å². The zero-order valence-corrected chi connectivity index (χ0v) is 9.96. The maximum absolute atomic E-state index is 6.14. The van der Waals surface area contributed by atoms with Crippen LogP contribution in [0.25, 0.3) is 10.9 Å². The molecule has 0 unspecified atom stereocenters. The third kappa shape index (κ3) is 2.46. The van der Waals surface area contributed by atoms with Crippen molar-refractivity contribution in [1.82, 2.24) is 4.98 Å². The fraction of sp³-hybridized carbons (Fsp3) is 0.231. The highest BCUT2D eigenvalue weighted by atomic mass is 35.5. The highest BCUT2D eigenvalue weighted by Crippen LogP contribution is 2.24. The summed E-state index contributed by atoms with van der Waals surface area (Å²) in [5.41, 5.74) is 8.52. The molecule has 0 spiro atoms. The largest absolute Gasteiger partial charge is 0.361 e. The second-order valence-electron chi connectivity index (χ2n) is 3.76. The molecule has 2 aromatic rings. The number of nitrogens with two attached hydrogens (primary N) is 1. The van der Waals surface area contributed by atoms with Crippen molar-refractivity contribution in [3.05, 3.63) is 48.7 Å². The van der Waals surface area contributed by atoms with Gasteiger partial charge < -0.3 is 10.7 Å². The standard InChI is InChI=1S/C13H16N2.ClH/c1-2-3-6-12(14)10-5-4-7-13-11(10)8-9-15-13;/h2,4-5,7-9,12,15H,1,3,6,14H2;1H/t12-;/m1./s1. The second kappa shape index (κ2) is 5.73. The van der Waals surface area contributed by atoms with Crippen LogP contribution < -0.4 is 5.73 Å². The molecule has 2 rings (SSSR count). The lowest BCUT2D eigenvalue weighted by molar-refractivity contribution is 0.666. The Morgan fingerprint density at radius 1 is 1.38 bits per heavy atom. The van der Waals surface area contributed by atoms with E-state index in [1.54, 1.807) is 0 Å². The van der Waals surface area contributed by atoms with Gasteiger partial charge in [0.05, 0.1) is 0 Å². The molecule has 0 bridgehead atoms. The molecule has 1 aromatic heterocycles. The van der Waals surface area contributed by atoms with Gasteiger partial charge in [-0.15, -0.1) is 19.0 Å². The van der Waals surface area contributed by atoms with E-state index in [0.717, 1.165) is 18.4 Å². The molecule has 0 radical (unpaired) electrons. The number of hydrogen-bond donors (Lipinski definition) is 2. The Morgan fingerprint density at radius 2 is 2.19 bits per heavy atom. The number of rotatable bonds is 4. The van der Waals surface area contributed by atoms with Crippen molar-refractivity contribution in [3.63, 3.8) is 0 Å². The van der Waals surface area contributed by atoms with Gasteiger partial charge >= 0.3 is 0 Å². The van der Waals surface area contributed by atoms with E-state index < -0.39 is 0 Å². The lowest BCUT2D eigenvalue weighted by Crippen LogP contribution is -2.09. The van der Waals surface area contributed by atoms with Crippen LogP contribution in [0.5, 0.6) is 0 Å². The van der Waals surface area contributed by atoms with Gasteiger partial charge in [-0.3, -0.25) is 0 Å². The Morgan fingerprint density at radius 3 is 2.94 bits per heavy atom. The average Bonchev–Trinajstić information content (AvgIpc) is 2.73. The minimum atomic E-state index is 0. The summed E-state index contributed by atoms with van der Waals surface area (Å²) in [6.07, 6.45) is 5.78. The van der Waals surface area contributed by atoms with E-state index >= 15 is 0 Å². The maximum Gasteiger partial charge on any atom is 0.0457 e. The molecule has 0 aliphatic rings. The summed E-state index contributed by atoms with van der Waals surface area (Å²) in [5, 5.41) is 1.23. The third-order valence-corrected chi connectivity index (χ3v) is 2.71. The van der Waals surface area contributed by atoms with Gasteiger partial charge in [0.25, 0.3) is 0 Å². The molecular formula is C13H17ClN2. The molecule has 2 nitrogen and oxygen atoms in total. The fourth-order valence-corrected chi connectivity index (χ4v) is 1.89. The van der Waals surface area contributed by atoms with Crippen LogP contribution in [0.3, 0.4) is 0 Å². The first-order valence-electron chi connectivity index (χ1n) is 5.25. The number of nitrogens with one attached hydrogen (secondary N) is 1. The Kier molecular flexibility index (Phi) is 4.59. The lowest BCUT2D eigenvalue weighted by Gasteiger charge is -2.11. The van der Waals surface area contributed by atoms with Crippen LogP contribution in [0.2, 0.25) is 0 Å². The van der Waals surface area contributed by atoms with E-state index in [2.05, 4.69) is 29.8 Å². The molecule has 0 saturated heterocycles. The van der Waals surface area contributed by atoms with Crippen LogP contribution >= 0.6 is 12.4 Å². The first-order chi connectivity index (χ1) is 7.33. The van der Waals surface area contributed by atoms with Gasteiger partial charge in [-0.2, -0.15) is 0 Å². The molecule has 0 fully saturated rings. The van der Waals surface area contributed by atoms with Gasteiger partial charge in [-0.05, 0) is 30.5 Å². The normalized spacial score (nSPS) is 12.1. The minimum Gasteiger partial charge on any atom is -0.361 e. The number of hydrogen-bond acceptors (Lipinski definition) is 1. The highest BCUT2D eigenvalue weighted by molar-refractivity contribution is 5.85. The van der Waals surface area contributed by atoms with Crippen LogP contribution in [0.1, 0.15) is 24.4 Å². The van der Waals surface area contributed by atoms with E-state index in [-0.39, 0.29) is 18.4 Å². The van der Waals surface area contributed by atoms with Gasteiger partial charge in [0, 0.05) is 23.1 Å². The minimum absolute atomic E-state index is 0. The number of aromatic amines is 1. The third-order valence-electron chi connectivity index (χ3n) is 2.71. The lowest BCUT2D eigenvalue weighted by atomic mass is 9.99. The van der Waals surface area contributed by atoms with Crippen molar-refractivity contribution in [3.8, 4) is 0 Å². The SMILES string of the molecule is C=CCC[C@@H](N)c1cccc2[nH]ccc12.Cl. The summed E-state index contributed by atoms with van der Waals surface area (Å²) in [6.45, 7) is 3.72. The number of H-pyrrole nitrogens is 1. The molecule has 0 saturated carbocycles. The summed E-state index contributed by atoms with van der Waals surface area (Å²) in [6, 6.07) is 8.39. The molecule has 1 atom stereocenters. The van der Waals surface area contributed by atoms with Crippen molar-refractivity contribution in [2.45, 2.75) is 18.9 Å². The summed E-state index contributed by atoms with van der Waals surface area (Å²) in [4.78, 5) is 3.20. The van der Waals surface area contributed by atoms with Crippen LogP contribution in [-0.4, -0.2) is 4.98 Å². The summed E-state index contributed by atoms with van der Waals surface area (Å²) >= 11 is 0. The predicted molar refractivity (Wildman–Crippen MR) is 71.9 cm³/mol. The molecular weight excluding hydrogens is 220 g/mol. The topological polar surface area (TPSA) is 41.8 Å². The van der Waals surface area contributed by atoms with E-state index in [4.69, 9.17) is 5.73 Å². The summed E-state index contributed by atoms with van der Waals surface area (Å²) < 4.78 is 0. The number of halogens is 1. The molecule has 0 aliphatic carbocycles. The molecule has 3 N–H and O–H groups in total. The zero-order chi connectivity index (χ0) is 10.7. The predicted octanol–water partition coefficient (Wildman–Crippen LogP) is 3.56. The summed E-state index contributed by atoms with van der Waals surface area (Å²) in [7, 11) is 0. The van der Waals surface area contributed by atoms with Gasteiger partial charge in [0.15, 0.2) is 0 Å². The second-order valence-corrected chi connectivity index (χ2v) is 3.76. The van der Waals surface area contributed by atoms with E-state index in [1.165, 1.54) is 10.9 Å². The van der Waals surface area contributed by atoms with E-state index in [1.807, 2.05) is 18.3 Å². The molecule has 3 heteroatoms. The van der Waals surface area contributed by atoms with Gasteiger partial charge in [-0.25, -0.2) is 0 Å². The first-order valence-corrected chi connectivity index (χ1v) is 5.25. The molecule has 86 valence electrons. The first kappa shape index (κ1) is 12.8. The van der Waals surface area contributed by atoms with Crippen molar-refractivity contribution in [2.75, 3.05) is 0 Å².